The summed E-state index contributed by atoms with van der Waals surface area (Å²) in [4.78, 5) is 33.1. The number of unbranched alkanes of at least 4 members (excludes halogenated alkanes) is 1. The van der Waals surface area contributed by atoms with Gasteiger partial charge in [-0.05, 0) is 6.42 Å². The normalized spacial score (nSPS) is 19.5. The summed E-state index contributed by atoms with van der Waals surface area (Å²) >= 11 is 0. The van der Waals surface area contributed by atoms with Crippen LogP contribution >= 0.6 is 0 Å². The average molecular weight is 244 g/mol. The number of nitrogens with one attached hydrogen (secondary N) is 4. The molecule has 0 aromatic rings. The molecule has 0 spiro atoms. The molecule has 3 amide bonds. The second-order valence-corrected chi connectivity index (χ2v) is 3.48. The molecule has 0 radical (unpaired) electrons. The lowest BCUT2D eigenvalue weighted by molar-refractivity contribution is -0.143. The van der Waals surface area contributed by atoms with Crippen molar-refractivity contribution in [1.82, 2.24) is 21.5 Å². The quantitative estimate of drug-likeness (QED) is 0.337. The molecule has 1 fully saturated rings. The summed E-state index contributed by atoms with van der Waals surface area (Å²) in [5.74, 6) is -0.986. The van der Waals surface area contributed by atoms with Crippen molar-refractivity contribution in [2.75, 3.05) is 13.2 Å². The van der Waals surface area contributed by atoms with Gasteiger partial charge in [-0.2, -0.15) is 0 Å². The lowest BCUT2D eigenvalue weighted by atomic mass is 10.4. The number of rotatable bonds is 6. The van der Waals surface area contributed by atoms with Gasteiger partial charge in [-0.3, -0.25) is 25.6 Å². The second kappa shape index (κ2) is 6.81. The minimum absolute atomic E-state index is 0.106. The van der Waals surface area contributed by atoms with Crippen molar-refractivity contribution in [3.8, 4) is 0 Å². The molecule has 1 atom stereocenters. The van der Waals surface area contributed by atoms with E-state index in [0.29, 0.717) is 6.61 Å². The maximum absolute atomic E-state index is 11.2. The van der Waals surface area contributed by atoms with Gasteiger partial charge >= 0.3 is 12.0 Å². The second-order valence-electron chi connectivity index (χ2n) is 3.48. The van der Waals surface area contributed by atoms with Crippen molar-refractivity contribution in [2.24, 2.45) is 0 Å². The molecule has 1 rings (SSSR count). The third kappa shape index (κ3) is 4.79. The van der Waals surface area contributed by atoms with E-state index in [-0.39, 0.29) is 6.54 Å². The van der Waals surface area contributed by atoms with Gasteiger partial charge < -0.3 is 4.74 Å². The molecule has 17 heavy (non-hydrogen) atoms. The highest BCUT2D eigenvalue weighted by atomic mass is 16.5. The van der Waals surface area contributed by atoms with E-state index >= 15 is 0 Å². The third-order valence-corrected chi connectivity index (χ3v) is 2.04. The lowest BCUT2D eigenvalue weighted by Crippen LogP contribution is -2.67. The van der Waals surface area contributed by atoms with Crippen LogP contribution in [0.4, 0.5) is 4.79 Å². The predicted molar refractivity (Wildman–Crippen MR) is 57.5 cm³/mol. The Balaban J connectivity index is 2.19. The number of carbonyl (C=O) groups excluding carboxylic acids is 3. The molecular weight excluding hydrogens is 228 g/mol. The minimum atomic E-state index is -0.841. The van der Waals surface area contributed by atoms with Crippen LogP contribution in [0.25, 0.3) is 0 Å². The number of esters is 1. The lowest BCUT2D eigenvalue weighted by Gasteiger charge is -2.23. The predicted octanol–water partition coefficient (Wildman–Crippen LogP) is -1.41. The van der Waals surface area contributed by atoms with E-state index in [1.165, 1.54) is 0 Å². The van der Waals surface area contributed by atoms with Crippen LogP contribution in [0.15, 0.2) is 0 Å². The fraction of sp³-hybridized carbons (Fsp3) is 0.667. The van der Waals surface area contributed by atoms with Crippen molar-refractivity contribution in [2.45, 2.75) is 25.9 Å². The van der Waals surface area contributed by atoms with Gasteiger partial charge in [-0.1, -0.05) is 13.3 Å². The first kappa shape index (κ1) is 13.4. The Hall–Kier alpha value is -1.67. The maximum Gasteiger partial charge on any atom is 0.335 e. The summed E-state index contributed by atoms with van der Waals surface area (Å²) in [6, 6.07) is -0.626. The SMILES string of the molecule is CCCCOC(=O)CNC1NNC(=O)NC1=O. The highest BCUT2D eigenvalue weighted by Gasteiger charge is 2.25. The Morgan fingerprint density at radius 2 is 2.24 bits per heavy atom. The fourth-order valence-corrected chi connectivity index (χ4v) is 1.13. The first-order chi connectivity index (χ1) is 8.13. The molecule has 0 saturated carbocycles. The molecule has 1 saturated heterocycles. The van der Waals surface area contributed by atoms with Gasteiger partial charge in [-0.15, -0.1) is 0 Å². The van der Waals surface area contributed by atoms with Crippen molar-refractivity contribution < 1.29 is 19.1 Å². The molecule has 0 aliphatic carbocycles. The van der Waals surface area contributed by atoms with E-state index in [0.717, 1.165) is 12.8 Å². The van der Waals surface area contributed by atoms with Crippen LogP contribution < -0.4 is 21.5 Å². The first-order valence-corrected chi connectivity index (χ1v) is 5.39. The Morgan fingerprint density at radius 1 is 1.47 bits per heavy atom. The van der Waals surface area contributed by atoms with Crippen molar-refractivity contribution in [3.05, 3.63) is 0 Å². The molecule has 0 aromatic carbocycles. The summed E-state index contributed by atoms with van der Waals surface area (Å²) in [5, 5.41) is 4.65. The molecule has 1 aliphatic rings. The maximum atomic E-state index is 11.2. The summed E-state index contributed by atoms with van der Waals surface area (Å²) in [6.45, 7) is 2.26. The van der Waals surface area contributed by atoms with Crippen LogP contribution in [0.3, 0.4) is 0 Å². The van der Waals surface area contributed by atoms with Crippen LogP contribution in [0.5, 0.6) is 0 Å². The molecule has 8 nitrogen and oxygen atoms in total. The van der Waals surface area contributed by atoms with E-state index in [2.05, 4.69) is 16.2 Å². The van der Waals surface area contributed by atoms with E-state index in [1.54, 1.807) is 0 Å². The molecule has 8 heteroatoms. The molecule has 1 unspecified atom stereocenters. The van der Waals surface area contributed by atoms with E-state index < -0.39 is 24.1 Å². The van der Waals surface area contributed by atoms with E-state index in [4.69, 9.17) is 4.74 Å². The topological polar surface area (TPSA) is 109 Å². The van der Waals surface area contributed by atoms with Gasteiger partial charge in [0.1, 0.15) is 0 Å². The minimum Gasteiger partial charge on any atom is -0.465 e. The van der Waals surface area contributed by atoms with Crippen molar-refractivity contribution in [1.29, 1.82) is 0 Å². The molecule has 0 aromatic heterocycles. The summed E-state index contributed by atoms with van der Waals surface area (Å²) in [5.41, 5.74) is 4.61. The number of amides is 3. The highest BCUT2D eigenvalue weighted by molar-refractivity contribution is 5.98. The zero-order valence-corrected chi connectivity index (χ0v) is 9.54. The summed E-state index contributed by atoms with van der Waals surface area (Å²) < 4.78 is 4.88. The summed E-state index contributed by atoms with van der Waals surface area (Å²) in [6.07, 6.45) is 0.912. The molecule has 0 bridgehead atoms. The van der Waals surface area contributed by atoms with Gasteiger partial charge in [-0.25, -0.2) is 10.2 Å². The van der Waals surface area contributed by atoms with Crippen LogP contribution in [-0.4, -0.2) is 37.2 Å². The van der Waals surface area contributed by atoms with Gasteiger partial charge in [0.2, 0.25) is 0 Å². The molecule has 1 heterocycles. The Bertz CT molecular complexity index is 307. The fourth-order valence-electron chi connectivity index (χ4n) is 1.13. The van der Waals surface area contributed by atoms with Gasteiger partial charge in [0.05, 0.1) is 13.2 Å². The zero-order valence-electron chi connectivity index (χ0n) is 9.54. The van der Waals surface area contributed by atoms with E-state index in [9.17, 15) is 14.4 Å². The third-order valence-electron chi connectivity index (χ3n) is 2.04. The summed E-state index contributed by atoms with van der Waals surface area (Å²) in [7, 11) is 0. The number of hydrogen-bond acceptors (Lipinski definition) is 6. The Morgan fingerprint density at radius 3 is 2.88 bits per heavy atom. The van der Waals surface area contributed by atoms with Crippen molar-refractivity contribution in [3.63, 3.8) is 0 Å². The standard InChI is InChI=1S/C9H16N4O4/c1-2-3-4-17-6(14)5-10-7-8(15)11-9(16)13-12-7/h7,10,12H,2-5H2,1H3,(H2,11,13,15,16). The molecular formula is C9H16N4O4. The molecule has 1 aliphatic heterocycles. The molecule has 96 valence electrons. The monoisotopic (exact) mass is 244 g/mol. The Labute approximate surface area is 98.4 Å². The highest BCUT2D eigenvalue weighted by Crippen LogP contribution is 1.89. The number of urea groups is 1. The van der Waals surface area contributed by atoms with Crippen LogP contribution in [-0.2, 0) is 14.3 Å². The van der Waals surface area contributed by atoms with Gasteiger partial charge in [0.25, 0.3) is 5.91 Å². The van der Waals surface area contributed by atoms with Gasteiger partial charge in [0, 0.05) is 0 Å². The average Bonchev–Trinajstić information content (AvgIpc) is 2.28. The van der Waals surface area contributed by atoms with Crippen LogP contribution in [0.1, 0.15) is 19.8 Å². The van der Waals surface area contributed by atoms with Crippen LogP contribution in [0.2, 0.25) is 0 Å². The number of hydrazine groups is 1. The van der Waals surface area contributed by atoms with Gasteiger partial charge in [0.15, 0.2) is 6.17 Å². The van der Waals surface area contributed by atoms with Crippen LogP contribution in [0, 0.1) is 0 Å². The number of imide groups is 1. The smallest absolute Gasteiger partial charge is 0.335 e. The Kier molecular flexibility index (Phi) is 5.37. The van der Waals surface area contributed by atoms with E-state index in [1.807, 2.05) is 12.2 Å². The largest absolute Gasteiger partial charge is 0.465 e. The number of ether oxygens (including phenoxy) is 1. The first-order valence-electron chi connectivity index (χ1n) is 5.39. The molecule has 4 N–H and O–H groups in total. The van der Waals surface area contributed by atoms with Crippen molar-refractivity contribution >= 4 is 17.9 Å². The number of carbonyl (C=O) groups is 3. The zero-order chi connectivity index (χ0) is 12.7. The number of hydrogen-bond donors (Lipinski definition) is 4.